The lowest BCUT2D eigenvalue weighted by atomic mass is 9.87. The fourth-order valence-electron chi connectivity index (χ4n) is 5.62. The lowest BCUT2D eigenvalue weighted by Gasteiger charge is -2.32. The summed E-state index contributed by atoms with van der Waals surface area (Å²) in [5, 5.41) is 2.30. The molecule has 2 fully saturated rings. The highest BCUT2D eigenvalue weighted by molar-refractivity contribution is 6.05. The second kappa shape index (κ2) is 9.05. The fraction of sp³-hybridized carbons (Fsp3) is 0.370. The third kappa shape index (κ3) is 4.13. The molecule has 3 aliphatic heterocycles. The molecular formula is C27H26FN5O3. The minimum absolute atomic E-state index is 0.0639. The predicted molar refractivity (Wildman–Crippen MR) is 129 cm³/mol. The highest BCUT2D eigenvalue weighted by Crippen LogP contribution is 2.35. The summed E-state index contributed by atoms with van der Waals surface area (Å²) in [6.45, 7) is 2.59. The van der Waals surface area contributed by atoms with Gasteiger partial charge in [0.2, 0.25) is 11.8 Å². The van der Waals surface area contributed by atoms with Crippen molar-refractivity contribution in [3.05, 3.63) is 70.8 Å². The van der Waals surface area contributed by atoms with E-state index in [1.54, 1.807) is 0 Å². The zero-order valence-corrected chi connectivity index (χ0v) is 19.7. The van der Waals surface area contributed by atoms with Crippen molar-refractivity contribution < 1.29 is 18.8 Å². The molecule has 0 bridgehead atoms. The van der Waals surface area contributed by atoms with E-state index in [0.717, 1.165) is 48.2 Å². The average molecular weight is 488 g/mol. The van der Waals surface area contributed by atoms with E-state index in [0.29, 0.717) is 24.1 Å². The molecule has 3 aromatic rings. The van der Waals surface area contributed by atoms with Crippen LogP contribution in [0, 0.1) is 5.82 Å². The summed E-state index contributed by atoms with van der Waals surface area (Å²) in [6, 6.07) is 10.2. The summed E-state index contributed by atoms with van der Waals surface area (Å²) >= 11 is 0. The van der Waals surface area contributed by atoms with E-state index in [4.69, 9.17) is 4.98 Å². The van der Waals surface area contributed by atoms with Crippen LogP contribution >= 0.6 is 0 Å². The second-order valence-electron chi connectivity index (χ2n) is 9.83. The fourth-order valence-corrected chi connectivity index (χ4v) is 5.62. The van der Waals surface area contributed by atoms with Gasteiger partial charge in [-0.1, -0.05) is 18.2 Å². The Morgan fingerprint density at radius 3 is 2.58 bits per heavy atom. The van der Waals surface area contributed by atoms with Crippen LogP contribution in [-0.4, -0.2) is 56.6 Å². The number of piperidine rings is 2. The van der Waals surface area contributed by atoms with Gasteiger partial charge in [-0.3, -0.25) is 29.6 Å². The number of aromatic nitrogens is 2. The summed E-state index contributed by atoms with van der Waals surface area (Å²) in [5.41, 5.74) is 4.37. The number of halogens is 1. The van der Waals surface area contributed by atoms with Crippen molar-refractivity contribution in [2.75, 3.05) is 13.1 Å². The van der Waals surface area contributed by atoms with E-state index >= 15 is 4.39 Å². The smallest absolute Gasteiger partial charge is 0.255 e. The number of fused-ring (bicyclic) bond motifs is 2. The van der Waals surface area contributed by atoms with Crippen LogP contribution in [0.5, 0.6) is 0 Å². The molecular weight excluding hydrogens is 461 g/mol. The maximum absolute atomic E-state index is 15.2. The van der Waals surface area contributed by atoms with Crippen molar-refractivity contribution in [2.24, 2.45) is 0 Å². The van der Waals surface area contributed by atoms with Crippen molar-refractivity contribution in [1.82, 2.24) is 25.1 Å². The maximum atomic E-state index is 15.2. The number of amides is 3. The number of imide groups is 1. The van der Waals surface area contributed by atoms with Gasteiger partial charge in [-0.15, -0.1) is 0 Å². The standard InChI is InChI=1S/C27H26FN5O3/c28-21-12-20-17(14-33(27(20)36)24-5-6-25(34)31-26(24)35)11-19(21)16-7-9-32(10-8-16)15-18-13-29-22-3-1-2-4-23(22)30-18/h1-4,11-13,16,24H,5-10,14-15H2,(H,31,34,35). The van der Waals surface area contributed by atoms with Crippen LogP contribution in [0.3, 0.4) is 0 Å². The first-order valence-corrected chi connectivity index (χ1v) is 12.4. The van der Waals surface area contributed by atoms with Crippen LogP contribution < -0.4 is 5.32 Å². The van der Waals surface area contributed by atoms with Crippen LogP contribution in [0.25, 0.3) is 11.0 Å². The van der Waals surface area contributed by atoms with Gasteiger partial charge in [0, 0.05) is 25.1 Å². The average Bonchev–Trinajstić information content (AvgIpc) is 3.19. The number of benzene rings is 2. The zero-order chi connectivity index (χ0) is 24.8. The van der Waals surface area contributed by atoms with Gasteiger partial charge in [-0.25, -0.2) is 9.37 Å². The summed E-state index contributed by atoms with van der Waals surface area (Å²) in [5.74, 6) is -1.44. The largest absolute Gasteiger partial charge is 0.322 e. The van der Waals surface area contributed by atoms with Gasteiger partial charge in [0.05, 0.1) is 22.9 Å². The number of nitrogens with zero attached hydrogens (tertiary/aromatic N) is 4. The molecule has 0 radical (unpaired) electrons. The minimum atomic E-state index is -0.699. The Labute approximate surface area is 207 Å². The highest BCUT2D eigenvalue weighted by atomic mass is 19.1. The molecule has 1 atom stereocenters. The molecule has 36 heavy (non-hydrogen) atoms. The lowest BCUT2D eigenvalue weighted by Crippen LogP contribution is -2.52. The Kier molecular flexibility index (Phi) is 5.72. The second-order valence-corrected chi connectivity index (χ2v) is 9.83. The lowest BCUT2D eigenvalue weighted by molar-refractivity contribution is -0.136. The zero-order valence-electron chi connectivity index (χ0n) is 19.7. The quantitative estimate of drug-likeness (QED) is 0.569. The monoisotopic (exact) mass is 487 g/mol. The first-order valence-electron chi connectivity index (χ1n) is 12.4. The van der Waals surface area contributed by atoms with Crippen LogP contribution in [-0.2, 0) is 22.7 Å². The molecule has 8 nitrogen and oxygen atoms in total. The summed E-state index contributed by atoms with van der Waals surface area (Å²) in [6.07, 6.45) is 3.92. The molecule has 3 amide bonds. The van der Waals surface area contributed by atoms with Crippen LogP contribution in [0.2, 0.25) is 0 Å². The predicted octanol–water partition coefficient (Wildman–Crippen LogP) is 2.91. The molecule has 0 spiro atoms. The third-order valence-corrected chi connectivity index (χ3v) is 7.55. The number of likely N-dealkylation sites (tertiary alicyclic amines) is 1. The first-order chi connectivity index (χ1) is 17.5. The molecule has 1 N–H and O–H groups in total. The molecule has 4 heterocycles. The van der Waals surface area contributed by atoms with Crippen molar-refractivity contribution >= 4 is 28.8 Å². The molecule has 2 aromatic carbocycles. The van der Waals surface area contributed by atoms with E-state index in [9.17, 15) is 14.4 Å². The van der Waals surface area contributed by atoms with Crippen molar-refractivity contribution in [3.63, 3.8) is 0 Å². The molecule has 1 unspecified atom stereocenters. The van der Waals surface area contributed by atoms with E-state index in [1.165, 1.54) is 11.0 Å². The van der Waals surface area contributed by atoms with Gasteiger partial charge in [0.1, 0.15) is 11.9 Å². The summed E-state index contributed by atoms with van der Waals surface area (Å²) < 4.78 is 15.2. The molecule has 0 aliphatic carbocycles. The topological polar surface area (TPSA) is 95.5 Å². The van der Waals surface area contributed by atoms with Crippen molar-refractivity contribution in [1.29, 1.82) is 0 Å². The highest BCUT2D eigenvalue weighted by Gasteiger charge is 2.40. The normalized spacial score (nSPS) is 21.2. The molecule has 3 aliphatic rings. The Hall–Kier alpha value is -3.72. The number of para-hydroxylation sites is 2. The van der Waals surface area contributed by atoms with Gasteiger partial charge in [-0.05, 0) is 67.6 Å². The van der Waals surface area contributed by atoms with Crippen molar-refractivity contribution in [2.45, 2.75) is 50.7 Å². The number of carbonyl (C=O) groups is 3. The SMILES string of the molecule is O=C1CCC(N2Cc3cc(C4CCN(Cc5cnc6ccccc6n5)CC4)c(F)cc3C2=O)C(=O)N1. The van der Waals surface area contributed by atoms with Gasteiger partial charge >= 0.3 is 0 Å². The van der Waals surface area contributed by atoms with E-state index < -0.39 is 11.9 Å². The Bertz CT molecular complexity index is 1390. The molecule has 9 heteroatoms. The molecule has 1 aromatic heterocycles. The third-order valence-electron chi connectivity index (χ3n) is 7.55. The Morgan fingerprint density at radius 1 is 1.03 bits per heavy atom. The molecule has 2 saturated heterocycles. The molecule has 0 saturated carbocycles. The number of rotatable bonds is 4. The van der Waals surface area contributed by atoms with Gasteiger partial charge < -0.3 is 4.90 Å². The first kappa shape index (κ1) is 22.7. The van der Waals surface area contributed by atoms with Gasteiger partial charge in [-0.2, -0.15) is 0 Å². The number of hydrogen-bond donors (Lipinski definition) is 1. The summed E-state index contributed by atoms with van der Waals surface area (Å²) in [4.78, 5) is 49.7. The van der Waals surface area contributed by atoms with Crippen LogP contribution in [0.1, 0.15) is 58.8 Å². The minimum Gasteiger partial charge on any atom is -0.322 e. The maximum Gasteiger partial charge on any atom is 0.255 e. The number of carbonyl (C=O) groups excluding carboxylic acids is 3. The number of hydrogen-bond acceptors (Lipinski definition) is 6. The van der Waals surface area contributed by atoms with Gasteiger partial charge in [0.15, 0.2) is 0 Å². The van der Waals surface area contributed by atoms with Crippen molar-refractivity contribution in [3.8, 4) is 0 Å². The Balaban J connectivity index is 1.13. The van der Waals surface area contributed by atoms with Crippen LogP contribution in [0.15, 0.2) is 42.6 Å². The van der Waals surface area contributed by atoms with E-state index in [-0.39, 0.29) is 36.5 Å². The van der Waals surface area contributed by atoms with E-state index in [2.05, 4.69) is 15.2 Å². The van der Waals surface area contributed by atoms with Crippen LogP contribution in [0.4, 0.5) is 4.39 Å². The van der Waals surface area contributed by atoms with E-state index in [1.807, 2.05) is 36.5 Å². The molecule has 6 rings (SSSR count). The Morgan fingerprint density at radius 2 is 1.81 bits per heavy atom. The van der Waals surface area contributed by atoms with Gasteiger partial charge in [0.25, 0.3) is 5.91 Å². The molecule has 184 valence electrons. The summed E-state index contributed by atoms with van der Waals surface area (Å²) in [7, 11) is 0. The number of nitrogens with one attached hydrogen (secondary N) is 1.